The van der Waals surface area contributed by atoms with Gasteiger partial charge >= 0.3 is 0 Å². The van der Waals surface area contributed by atoms with Gasteiger partial charge in [0.2, 0.25) is 5.91 Å². The average Bonchev–Trinajstić information content (AvgIpc) is 3.05. The zero-order valence-corrected chi connectivity index (χ0v) is 17.1. The Morgan fingerprint density at radius 3 is 2.84 bits per heavy atom. The van der Waals surface area contributed by atoms with E-state index >= 15 is 0 Å². The van der Waals surface area contributed by atoms with Crippen LogP contribution in [0.3, 0.4) is 0 Å². The van der Waals surface area contributed by atoms with Crippen molar-refractivity contribution in [1.29, 1.82) is 0 Å². The van der Waals surface area contributed by atoms with Gasteiger partial charge in [0.15, 0.2) is 0 Å². The summed E-state index contributed by atoms with van der Waals surface area (Å²) in [6, 6.07) is -0.238. The Morgan fingerprint density at radius 2 is 2.12 bits per heavy atom. The fourth-order valence-electron chi connectivity index (χ4n) is 3.46. The molecule has 0 aromatic carbocycles. The minimum absolute atomic E-state index is 0. The van der Waals surface area contributed by atoms with Gasteiger partial charge in [0.05, 0.1) is 23.4 Å². The summed E-state index contributed by atoms with van der Waals surface area (Å²) >= 11 is 1.73. The molecular weight excluding hydrogens is 381 g/mol. The Balaban J connectivity index is 0.00000156. The maximum Gasteiger partial charge on any atom is 0.239 e. The van der Waals surface area contributed by atoms with E-state index in [2.05, 4.69) is 16.0 Å². The smallest absolute Gasteiger partial charge is 0.239 e. The number of carbonyl (C=O) groups excluding carboxylic acids is 1. The summed E-state index contributed by atoms with van der Waals surface area (Å²) in [4.78, 5) is 17.0. The normalized spacial score (nSPS) is 24.0. The standard InChI is InChI=1S/C17H27N3O2S.2ClH/c1-12-16(18-9-10-22-12)17(21)19-8-7-15-20-14(11-23-15)13-5-3-2-4-6-13;;/h11-13,16,18H,2-10H2,1H3,(H,19,21);2*1H/t12-,16+;;/m1../s1. The van der Waals surface area contributed by atoms with E-state index < -0.39 is 0 Å². The van der Waals surface area contributed by atoms with Crippen LogP contribution in [0, 0.1) is 0 Å². The summed E-state index contributed by atoms with van der Waals surface area (Å²) in [5.74, 6) is 0.689. The highest BCUT2D eigenvalue weighted by Crippen LogP contribution is 2.33. The van der Waals surface area contributed by atoms with E-state index in [-0.39, 0.29) is 42.9 Å². The third kappa shape index (κ3) is 6.36. The van der Waals surface area contributed by atoms with Crippen LogP contribution in [0.2, 0.25) is 0 Å². The van der Waals surface area contributed by atoms with Crippen molar-refractivity contribution in [3.63, 3.8) is 0 Å². The van der Waals surface area contributed by atoms with E-state index in [1.165, 1.54) is 37.8 Å². The molecule has 1 amide bonds. The van der Waals surface area contributed by atoms with E-state index in [4.69, 9.17) is 9.72 Å². The Labute approximate surface area is 166 Å². The van der Waals surface area contributed by atoms with E-state index in [0.29, 0.717) is 19.1 Å². The fourth-order valence-corrected chi connectivity index (χ4v) is 4.34. The number of ether oxygens (including phenoxy) is 1. The van der Waals surface area contributed by atoms with Crippen molar-refractivity contribution in [2.24, 2.45) is 0 Å². The summed E-state index contributed by atoms with van der Waals surface area (Å²) < 4.78 is 5.51. The molecule has 1 aromatic heterocycles. The van der Waals surface area contributed by atoms with Crippen LogP contribution in [0.25, 0.3) is 0 Å². The van der Waals surface area contributed by atoms with Crippen LogP contribution in [0.4, 0.5) is 0 Å². The molecule has 1 saturated heterocycles. The van der Waals surface area contributed by atoms with Gasteiger partial charge in [-0.25, -0.2) is 4.98 Å². The molecule has 2 aliphatic rings. The van der Waals surface area contributed by atoms with E-state index in [1.807, 2.05) is 6.92 Å². The molecule has 0 radical (unpaired) electrons. The molecule has 0 unspecified atom stereocenters. The van der Waals surface area contributed by atoms with Gasteiger partial charge in [-0.1, -0.05) is 19.3 Å². The molecule has 25 heavy (non-hydrogen) atoms. The van der Waals surface area contributed by atoms with Gasteiger partial charge in [-0.15, -0.1) is 36.2 Å². The lowest BCUT2D eigenvalue weighted by atomic mass is 9.87. The Morgan fingerprint density at radius 1 is 1.36 bits per heavy atom. The van der Waals surface area contributed by atoms with Gasteiger partial charge in [0.1, 0.15) is 6.04 Å². The predicted molar refractivity (Wildman–Crippen MR) is 106 cm³/mol. The monoisotopic (exact) mass is 409 g/mol. The number of morpholine rings is 1. The van der Waals surface area contributed by atoms with Crippen molar-refractivity contribution in [2.75, 3.05) is 19.7 Å². The summed E-state index contributed by atoms with van der Waals surface area (Å²) in [6.07, 6.45) is 7.35. The molecule has 2 fully saturated rings. The molecule has 0 spiro atoms. The van der Waals surface area contributed by atoms with E-state index in [9.17, 15) is 4.79 Å². The van der Waals surface area contributed by atoms with Crippen LogP contribution in [0.1, 0.15) is 55.6 Å². The number of hydrogen-bond donors (Lipinski definition) is 2. The summed E-state index contributed by atoms with van der Waals surface area (Å²) in [5.41, 5.74) is 1.27. The quantitative estimate of drug-likeness (QED) is 0.783. The lowest BCUT2D eigenvalue weighted by molar-refractivity contribution is -0.128. The Hall–Kier alpha value is -0.400. The number of amides is 1. The first-order valence-corrected chi connectivity index (χ1v) is 9.69. The molecule has 2 N–H and O–H groups in total. The van der Waals surface area contributed by atoms with Crippen LogP contribution < -0.4 is 10.6 Å². The largest absolute Gasteiger partial charge is 0.375 e. The van der Waals surface area contributed by atoms with Crippen molar-refractivity contribution in [2.45, 2.75) is 63.5 Å². The number of carbonyl (C=O) groups is 1. The van der Waals surface area contributed by atoms with Gasteiger partial charge in [-0.05, 0) is 19.8 Å². The van der Waals surface area contributed by atoms with Crippen molar-refractivity contribution >= 4 is 42.1 Å². The molecule has 2 heterocycles. The fraction of sp³-hybridized carbons (Fsp3) is 0.765. The lowest BCUT2D eigenvalue weighted by Gasteiger charge is -2.29. The van der Waals surface area contributed by atoms with E-state index in [0.717, 1.165) is 18.0 Å². The number of aromatic nitrogens is 1. The second kappa shape index (κ2) is 11.3. The maximum atomic E-state index is 12.2. The number of thiazole rings is 1. The number of nitrogens with zero attached hydrogens (tertiary/aromatic N) is 1. The molecule has 2 atom stereocenters. The average molecular weight is 410 g/mol. The molecule has 1 aliphatic heterocycles. The lowest BCUT2D eigenvalue weighted by Crippen LogP contribution is -2.55. The van der Waals surface area contributed by atoms with Crippen molar-refractivity contribution < 1.29 is 9.53 Å². The predicted octanol–water partition coefficient (Wildman–Crippen LogP) is 3.07. The van der Waals surface area contributed by atoms with Gasteiger partial charge in [-0.2, -0.15) is 0 Å². The second-order valence-corrected chi connectivity index (χ2v) is 7.49. The van der Waals surface area contributed by atoms with Gasteiger partial charge in [-0.3, -0.25) is 4.79 Å². The molecule has 1 aromatic rings. The third-order valence-corrected chi connectivity index (χ3v) is 5.76. The summed E-state index contributed by atoms with van der Waals surface area (Å²) in [6.45, 7) is 3.99. The first-order valence-electron chi connectivity index (χ1n) is 8.81. The number of hydrogen-bond acceptors (Lipinski definition) is 5. The molecule has 3 rings (SSSR count). The molecule has 8 heteroatoms. The first kappa shape index (κ1) is 22.6. The molecule has 5 nitrogen and oxygen atoms in total. The molecule has 1 aliphatic carbocycles. The summed E-state index contributed by atoms with van der Waals surface area (Å²) in [7, 11) is 0. The Kier molecular flexibility index (Phi) is 10.3. The minimum Gasteiger partial charge on any atom is -0.375 e. The van der Waals surface area contributed by atoms with Crippen LogP contribution in [-0.4, -0.2) is 42.7 Å². The van der Waals surface area contributed by atoms with Gasteiger partial charge in [0.25, 0.3) is 0 Å². The number of halogens is 2. The molecule has 0 bridgehead atoms. The highest BCUT2D eigenvalue weighted by molar-refractivity contribution is 7.09. The summed E-state index contributed by atoms with van der Waals surface area (Å²) in [5, 5.41) is 9.56. The zero-order valence-electron chi connectivity index (χ0n) is 14.7. The second-order valence-electron chi connectivity index (χ2n) is 6.55. The van der Waals surface area contributed by atoms with Crippen molar-refractivity contribution in [3.8, 4) is 0 Å². The van der Waals surface area contributed by atoms with Crippen LogP contribution in [0.5, 0.6) is 0 Å². The number of rotatable bonds is 5. The zero-order chi connectivity index (χ0) is 16.1. The highest BCUT2D eigenvalue weighted by Gasteiger charge is 2.27. The maximum absolute atomic E-state index is 12.2. The molecular formula is C17H29Cl2N3O2S. The highest BCUT2D eigenvalue weighted by atomic mass is 35.5. The number of nitrogens with one attached hydrogen (secondary N) is 2. The van der Waals surface area contributed by atoms with Crippen LogP contribution >= 0.6 is 36.2 Å². The molecule has 144 valence electrons. The third-order valence-electron chi connectivity index (χ3n) is 4.83. The van der Waals surface area contributed by atoms with Crippen LogP contribution in [0.15, 0.2) is 5.38 Å². The first-order chi connectivity index (χ1) is 11.2. The Bertz CT molecular complexity index is 524. The topological polar surface area (TPSA) is 63.2 Å². The van der Waals surface area contributed by atoms with Crippen LogP contribution in [-0.2, 0) is 16.0 Å². The minimum atomic E-state index is -0.238. The van der Waals surface area contributed by atoms with Gasteiger partial charge in [0, 0.05) is 30.8 Å². The van der Waals surface area contributed by atoms with Gasteiger partial charge < -0.3 is 15.4 Å². The SMILES string of the molecule is C[C@H]1OCCN[C@@H]1C(=O)NCCc1nc(C2CCCCC2)cs1.Cl.Cl. The van der Waals surface area contributed by atoms with Crippen molar-refractivity contribution in [1.82, 2.24) is 15.6 Å². The van der Waals surface area contributed by atoms with Crippen molar-refractivity contribution in [3.05, 3.63) is 16.1 Å². The van der Waals surface area contributed by atoms with E-state index in [1.54, 1.807) is 11.3 Å². The molecule has 1 saturated carbocycles.